The summed E-state index contributed by atoms with van der Waals surface area (Å²) >= 11 is 0. The highest BCUT2D eigenvalue weighted by Gasteiger charge is 2.33. The predicted octanol–water partition coefficient (Wildman–Crippen LogP) is 2.93. The molecule has 0 radical (unpaired) electrons. The fraction of sp³-hybridized carbons (Fsp3) is 0.533. The molecule has 0 spiro atoms. The summed E-state index contributed by atoms with van der Waals surface area (Å²) in [6.07, 6.45) is -0.314. The number of nitrogens with one attached hydrogen (secondary N) is 1. The van der Waals surface area contributed by atoms with Crippen molar-refractivity contribution in [1.82, 2.24) is 4.90 Å². The Morgan fingerprint density at radius 2 is 2.05 bits per heavy atom. The first kappa shape index (κ1) is 16.1. The Balaban J connectivity index is 1.87. The van der Waals surface area contributed by atoms with Crippen LogP contribution in [-0.4, -0.2) is 40.6 Å². The van der Waals surface area contributed by atoms with Gasteiger partial charge in [0.15, 0.2) is 0 Å². The van der Waals surface area contributed by atoms with Crippen LogP contribution in [0.4, 0.5) is 16.2 Å². The zero-order chi connectivity index (χ0) is 16.5. The molecule has 1 aromatic carbocycles. The Morgan fingerprint density at radius 3 is 2.55 bits per heavy atom. The second-order valence-electron chi connectivity index (χ2n) is 6.48. The van der Waals surface area contributed by atoms with E-state index in [4.69, 9.17) is 4.74 Å². The molecule has 0 atom stereocenters. The molecule has 1 aromatic rings. The van der Waals surface area contributed by atoms with E-state index < -0.39 is 10.5 Å². The molecule has 1 N–H and O–H groups in total. The summed E-state index contributed by atoms with van der Waals surface area (Å²) in [6.45, 7) is 8.33. The SMILES string of the molecule is Cc1cc(NC2CN(C(=O)OC(C)(C)C)C2)ccc1[N+](=O)[O-]. The fourth-order valence-electron chi connectivity index (χ4n) is 2.23. The quantitative estimate of drug-likeness (QED) is 0.685. The summed E-state index contributed by atoms with van der Waals surface area (Å²) in [6, 6.07) is 5.05. The Bertz CT molecular complexity index is 589. The maximum Gasteiger partial charge on any atom is 0.410 e. The number of ether oxygens (including phenoxy) is 1. The number of carbonyl (C=O) groups is 1. The van der Waals surface area contributed by atoms with Gasteiger partial charge in [0.1, 0.15) is 5.60 Å². The molecular formula is C15H21N3O4. The maximum absolute atomic E-state index is 11.8. The molecular weight excluding hydrogens is 286 g/mol. The topological polar surface area (TPSA) is 84.7 Å². The van der Waals surface area contributed by atoms with Gasteiger partial charge in [-0.05, 0) is 39.8 Å². The molecule has 0 aliphatic carbocycles. The van der Waals surface area contributed by atoms with E-state index in [1.807, 2.05) is 20.8 Å². The minimum Gasteiger partial charge on any atom is -0.444 e. The lowest BCUT2D eigenvalue weighted by atomic mass is 10.1. The molecule has 1 fully saturated rings. The largest absolute Gasteiger partial charge is 0.444 e. The van der Waals surface area contributed by atoms with Crippen molar-refractivity contribution in [3.05, 3.63) is 33.9 Å². The number of hydrogen-bond acceptors (Lipinski definition) is 5. The van der Waals surface area contributed by atoms with Gasteiger partial charge in [-0.1, -0.05) is 0 Å². The standard InChI is InChI=1S/C15H21N3O4/c1-10-7-11(5-6-13(10)18(20)21)16-12-8-17(9-12)14(19)22-15(2,3)4/h5-7,12,16H,8-9H2,1-4H3. The number of carbonyl (C=O) groups excluding carboxylic acids is 1. The van der Waals surface area contributed by atoms with E-state index >= 15 is 0 Å². The Hall–Kier alpha value is -2.31. The van der Waals surface area contributed by atoms with Crippen molar-refractivity contribution in [1.29, 1.82) is 0 Å². The third kappa shape index (κ3) is 3.87. The van der Waals surface area contributed by atoms with Gasteiger partial charge in [-0.2, -0.15) is 0 Å². The number of amides is 1. The van der Waals surface area contributed by atoms with E-state index in [1.165, 1.54) is 6.07 Å². The van der Waals surface area contributed by atoms with Crippen LogP contribution >= 0.6 is 0 Å². The maximum atomic E-state index is 11.8. The number of hydrogen-bond donors (Lipinski definition) is 1. The zero-order valence-corrected chi connectivity index (χ0v) is 13.3. The third-order valence-electron chi connectivity index (χ3n) is 3.30. The highest BCUT2D eigenvalue weighted by Crippen LogP contribution is 2.24. The molecule has 7 heteroatoms. The van der Waals surface area contributed by atoms with E-state index in [0.29, 0.717) is 18.7 Å². The Morgan fingerprint density at radius 1 is 1.41 bits per heavy atom. The van der Waals surface area contributed by atoms with Gasteiger partial charge in [0, 0.05) is 30.4 Å². The van der Waals surface area contributed by atoms with Crippen LogP contribution in [0, 0.1) is 17.0 Å². The third-order valence-corrected chi connectivity index (χ3v) is 3.30. The van der Waals surface area contributed by atoms with Crippen LogP contribution in [0.3, 0.4) is 0 Å². The highest BCUT2D eigenvalue weighted by molar-refractivity contribution is 5.70. The summed E-state index contributed by atoms with van der Waals surface area (Å²) in [4.78, 5) is 23.8. The van der Waals surface area contributed by atoms with Gasteiger partial charge in [0.25, 0.3) is 5.69 Å². The molecule has 1 heterocycles. The van der Waals surface area contributed by atoms with Crippen LogP contribution in [0.2, 0.25) is 0 Å². The van der Waals surface area contributed by atoms with Gasteiger partial charge in [-0.3, -0.25) is 10.1 Å². The van der Waals surface area contributed by atoms with E-state index in [0.717, 1.165) is 5.69 Å². The Kier molecular flexibility index (Phi) is 4.25. The number of likely N-dealkylation sites (tertiary alicyclic amines) is 1. The minimum atomic E-state index is -0.495. The Labute approximate surface area is 129 Å². The number of aryl methyl sites for hydroxylation is 1. The first-order valence-electron chi connectivity index (χ1n) is 7.15. The molecule has 0 saturated carbocycles. The number of nitro benzene ring substituents is 1. The second kappa shape index (κ2) is 5.82. The first-order valence-corrected chi connectivity index (χ1v) is 7.15. The molecule has 2 rings (SSSR count). The lowest BCUT2D eigenvalue weighted by Gasteiger charge is -2.40. The van der Waals surface area contributed by atoms with Crippen LogP contribution in [0.25, 0.3) is 0 Å². The molecule has 1 amide bonds. The van der Waals surface area contributed by atoms with E-state index in [1.54, 1.807) is 24.0 Å². The number of rotatable bonds is 3. The molecule has 22 heavy (non-hydrogen) atoms. The monoisotopic (exact) mass is 307 g/mol. The normalized spacial score (nSPS) is 15.2. The molecule has 0 bridgehead atoms. The zero-order valence-electron chi connectivity index (χ0n) is 13.3. The van der Waals surface area contributed by atoms with Crippen molar-refractivity contribution in [2.24, 2.45) is 0 Å². The van der Waals surface area contributed by atoms with Gasteiger partial charge in [-0.25, -0.2) is 4.79 Å². The predicted molar refractivity (Wildman–Crippen MR) is 83.1 cm³/mol. The first-order chi connectivity index (χ1) is 10.2. The summed E-state index contributed by atoms with van der Waals surface area (Å²) in [5.74, 6) is 0. The lowest BCUT2D eigenvalue weighted by molar-refractivity contribution is -0.385. The number of nitrogens with zero attached hydrogens (tertiary/aromatic N) is 2. The van der Waals surface area contributed by atoms with Crippen molar-refractivity contribution in [3.8, 4) is 0 Å². The van der Waals surface area contributed by atoms with Crippen LogP contribution in [-0.2, 0) is 4.74 Å². The summed E-state index contributed by atoms with van der Waals surface area (Å²) < 4.78 is 5.29. The fourth-order valence-corrected chi connectivity index (χ4v) is 2.23. The van der Waals surface area contributed by atoms with E-state index in [-0.39, 0.29) is 17.8 Å². The molecule has 1 saturated heterocycles. The van der Waals surface area contributed by atoms with Gasteiger partial charge in [0.2, 0.25) is 0 Å². The highest BCUT2D eigenvalue weighted by atomic mass is 16.6. The van der Waals surface area contributed by atoms with Crippen LogP contribution in [0.5, 0.6) is 0 Å². The molecule has 1 aliphatic heterocycles. The van der Waals surface area contributed by atoms with Gasteiger partial charge in [0.05, 0.1) is 11.0 Å². The second-order valence-corrected chi connectivity index (χ2v) is 6.48. The summed E-state index contributed by atoms with van der Waals surface area (Å²) in [5.41, 5.74) is 1.04. The van der Waals surface area contributed by atoms with Crippen molar-refractivity contribution in [2.75, 3.05) is 18.4 Å². The number of benzene rings is 1. The summed E-state index contributed by atoms with van der Waals surface area (Å²) in [7, 11) is 0. The average molecular weight is 307 g/mol. The number of nitro groups is 1. The molecule has 1 aliphatic rings. The summed E-state index contributed by atoms with van der Waals surface area (Å²) in [5, 5.41) is 14.0. The van der Waals surface area contributed by atoms with Crippen molar-refractivity contribution in [3.63, 3.8) is 0 Å². The average Bonchev–Trinajstić information content (AvgIpc) is 2.30. The van der Waals surface area contributed by atoms with Gasteiger partial charge in [-0.15, -0.1) is 0 Å². The number of anilines is 1. The van der Waals surface area contributed by atoms with Gasteiger partial charge >= 0.3 is 6.09 Å². The minimum absolute atomic E-state index is 0.106. The lowest BCUT2D eigenvalue weighted by Crippen LogP contribution is -2.57. The van der Waals surface area contributed by atoms with E-state index in [2.05, 4.69) is 5.32 Å². The van der Waals surface area contributed by atoms with Crippen molar-refractivity contribution < 1.29 is 14.5 Å². The van der Waals surface area contributed by atoms with Crippen LogP contribution in [0.1, 0.15) is 26.3 Å². The van der Waals surface area contributed by atoms with Gasteiger partial charge < -0.3 is 15.0 Å². The van der Waals surface area contributed by atoms with Crippen molar-refractivity contribution >= 4 is 17.5 Å². The smallest absolute Gasteiger partial charge is 0.410 e. The molecule has 0 unspecified atom stereocenters. The molecule has 0 aromatic heterocycles. The van der Waals surface area contributed by atoms with Crippen molar-refractivity contribution in [2.45, 2.75) is 39.3 Å². The van der Waals surface area contributed by atoms with Crippen LogP contribution in [0.15, 0.2) is 18.2 Å². The van der Waals surface area contributed by atoms with Crippen LogP contribution < -0.4 is 5.32 Å². The van der Waals surface area contributed by atoms with E-state index in [9.17, 15) is 14.9 Å². The molecule has 120 valence electrons. The molecule has 7 nitrogen and oxygen atoms in total.